The van der Waals surface area contributed by atoms with E-state index in [9.17, 15) is 15.0 Å². The molecule has 8 heteroatoms. The van der Waals surface area contributed by atoms with Crippen molar-refractivity contribution < 1.29 is 19.7 Å². The zero-order valence-corrected chi connectivity index (χ0v) is 28.3. The summed E-state index contributed by atoms with van der Waals surface area (Å²) in [4.78, 5) is 16.1. The Bertz CT molecular complexity index is 1640. The summed E-state index contributed by atoms with van der Waals surface area (Å²) >= 11 is 0. The molecule has 0 aliphatic heterocycles. The van der Waals surface area contributed by atoms with Crippen LogP contribution in [0.1, 0.15) is 125 Å². The van der Waals surface area contributed by atoms with Crippen LogP contribution in [0.5, 0.6) is 11.5 Å². The quantitative estimate of drug-likeness (QED) is 0.0615. The first kappa shape index (κ1) is 34.3. The van der Waals surface area contributed by atoms with Crippen molar-refractivity contribution in [1.82, 2.24) is 9.55 Å². The number of fused-ring (bicyclic) bond motifs is 1. The maximum absolute atomic E-state index is 12.7. The van der Waals surface area contributed by atoms with Gasteiger partial charge in [-0.1, -0.05) is 94.5 Å². The highest BCUT2D eigenvalue weighted by Gasteiger charge is 2.39. The number of nitrogens with two attached hydrogens (primary N) is 2. The van der Waals surface area contributed by atoms with E-state index in [-0.39, 0.29) is 30.1 Å². The minimum atomic E-state index is -0.562. The maximum Gasteiger partial charge on any atom is 0.165 e. The van der Waals surface area contributed by atoms with Crippen LogP contribution in [0.25, 0.3) is 10.9 Å². The van der Waals surface area contributed by atoms with Gasteiger partial charge in [0.2, 0.25) is 0 Å². The molecular weight excluding hydrogens is 600 g/mol. The molecule has 2 heterocycles. The molecule has 1 atom stereocenters. The first-order chi connectivity index (χ1) is 23.3. The number of aryl methyl sites for hydroxylation is 1. The van der Waals surface area contributed by atoms with Gasteiger partial charge in [0.05, 0.1) is 17.8 Å². The summed E-state index contributed by atoms with van der Waals surface area (Å²) in [7, 11) is 0. The number of unbranched alkanes of at least 4 members (excludes halogenated alkanes) is 1. The number of Topliss-reactive ketones (excluding diaryl/α,β-unsaturated/α-hetero) is 1. The number of nitrogens with one attached hydrogen (secondary N) is 1. The highest BCUT2D eigenvalue weighted by molar-refractivity contribution is 5.85. The minimum Gasteiger partial charge on any atom is -0.504 e. The van der Waals surface area contributed by atoms with E-state index < -0.39 is 12.3 Å². The first-order valence-electron chi connectivity index (χ1n) is 18.2. The van der Waals surface area contributed by atoms with Gasteiger partial charge in [-0.15, -0.1) is 0 Å². The number of aliphatic hydroxyl groups is 1. The molecule has 0 saturated heterocycles. The third kappa shape index (κ3) is 8.16. The maximum atomic E-state index is 12.7. The van der Waals surface area contributed by atoms with Crippen LogP contribution < -0.4 is 16.2 Å². The van der Waals surface area contributed by atoms with Gasteiger partial charge in [-0.2, -0.15) is 0 Å². The second-order valence-corrected chi connectivity index (χ2v) is 14.5. The van der Waals surface area contributed by atoms with Gasteiger partial charge in [0.15, 0.2) is 18.2 Å². The lowest BCUT2D eigenvalue weighted by atomic mass is 9.73. The molecule has 0 unspecified atom stereocenters. The number of rotatable bonds is 16. The van der Waals surface area contributed by atoms with E-state index in [1.807, 2.05) is 29.0 Å². The number of aromatic nitrogens is 2. The monoisotopic (exact) mass is 654 g/mol. The van der Waals surface area contributed by atoms with Crippen LogP contribution in [0.4, 0.5) is 0 Å². The van der Waals surface area contributed by atoms with Crippen molar-refractivity contribution in [3.05, 3.63) is 83.3 Å². The Morgan fingerprint density at radius 2 is 1.83 bits per heavy atom. The van der Waals surface area contributed by atoms with E-state index in [1.165, 1.54) is 49.7 Å². The average Bonchev–Trinajstić information content (AvgIpc) is 3.84. The van der Waals surface area contributed by atoms with Gasteiger partial charge in [-0.05, 0) is 66.0 Å². The van der Waals surface area contributed by atoms with Gasteiger partial charge in [0, 0.05) is 42.2 Å². The number of ether oxygens (including phenoxy) is 1. The number of nitrogens with zero attached hydrogens (tertiary/aromatic N) is 1. The molecule has 2 saturated carbocycles. The Labute approximate surface area is 284 Å². The van der Waals surface area contributed by atoms with E-state index in [2.05, 4.69) is 35.6 Å². The topological polar surface area (TPSA) is 140 Å². The third-order valence-electron chi connectivity index (χ3n) is 11.0. The molecule has 0 amide bonds. The van der Waals surface area contributed by atoms with Gasteiger partial charge in [0.25, 0.3) is 0 Å². The largest absolute Gasteiger partial charge is 0.504 e. The van der Waals surface area contributed by atoms with Gasteiger partial charge in [-0.25, -0.2) is 0 Å². The Kier molecular flexibility index (Phi) is 11.2. The molecule has 7 N–H and O–H groups in total. The summed E-state index contributed by atoms with van der Waals surface area (Å²) in [6, 6.07) is 13.7. The van der Waals surface area contributed by atoms with E-state index in [4.69, 9.17) is 16.2 Å². The van der Waals surface area contributed by atoms with E-state index >= 15 is 0 Å². The predicted molar refractivity (Wildman–Crippen MR) is 191 cm³/mol. The second-order valence-electron chi connectivity index (χ2n) is 14.5. The first-order valence-corrected chi connectivity index (χ1v) is 18.2. The zero-order valence-electron chi connectivity index (χ0n) is 28.3. The number of aliphatic hydroxyl groups excluding tert-OH is 1. The molecule has 4 aromatic rings. The van der Waals surface area contributed by atoms with Crippen molar-refractivity contribution in [3.63, 3.8) is 0 Å². The standard InChI is InChI=1S/C40H54N4O4/c41-39(42)30-12-8-13-31(22-30)40(19-6-7-20-40)35-24-43-36-26-44(25-34(35)36)27-48-38-21-29(16-18-37(38)47)15-17-33(46)23-32(45)14-5-4-11-28-9-2-1-3-10-28/h8,12-13,16,18,21-22,24-26,28,32,39,43,45,47H,1-7,9-11,14-15,17,19-20,23,27,41-42H2/t32-/m1/s1. The molecule has 0 radical (unpaired) electrons. The molecule has 48 heavy (non-hydrogen) atoms. The molecule has 2 aromatic carbocycles. The summed E-state index contributed by atoms with van der Waals surface area (Å²) < 4.78 is 8.09. The fourth-order valence-electron chi connectivity index (χ4n) is 8.28. The normalized spacial score (nSPS) is 17.3. The number of H-pyrrole nitrogens is 1. The van der Waals surface area contributed by atoms with Gasteiger partial charge in [0.1, 0.15) is 5.78 Å². The van der Waals surface area contributed by atoms with Crippen LogP contribution in [0.15, 0.2) is 61.1 Å². The van der Waals surface area contributed by atoms with Crippen molar-refractivity contribution >= 4 is 16.7 Å². The van der Waals surface area contributed by atoms with Crippen molar-refractivity contribution in [2.75, 3.05) is 0 Å². The van der Waals surface area contributed by atoms with Crippen LogP contribution in [-0.2, 0) is 23.4 Å². The van der Waals surface area contributed by atoms with Crippen LogP contribution in [0, 0.1) is 5.92 Å². The summed E-state index contributed by atoms with van der Waals surface area (Å²) in [6.07, 6.45) is 21.7. The van der Waals surface area contributed by atoms with Gasteiger partial charge in [-0.3, -0.25) is 4.79 Å². The molecule has 2 aliphatic carbocycles. The Hall–Kier alpha value is -3.59. The summed E-state index contributed by atoms with van der Waals surface area (Å²) in [5.41, 5.74) is 17.4. The number of aromatic hydroxyl groups is 1. The average molecular weight is 655 g/mol. The Balaban J connectivity index is 1.03. The molecule has 2 aromatic heterocycles. The van der Waals surface area contributed by atoms with Gasteiger partial charge < -0.3 is 36.0 Å². The Morgan fingerprint density at radius 3 is 2.62 bits per heavy atom. The summed E-state index contributed by atoms with van der Waals surface area (Å²) in [6.45, 7) is 0.232. The number of carbonyl (C=O) groups is 1. The fraction of sp³-hybridized carbons (Fsp3) is 0.525. The molecule has 0 spiro atoms. The highest BCUT2D eigenvalue weighted by atomic mass is 16.5. The van der Waals surface area contributed by atoms with E-state index in [1.54, 1.807) is 6.07 Å². The van der Waals surface area contributed by atoms with Gasteiger partial charge >= 0.3 is 0 Å². The molecule has 2 fully saturated rings. The predicted octanol–water partition coefficient (Wildman–Crippen LogP) is 7.88. The van der Waals surface area contributed by atoms with E-state index in [0.29, 0.717) is 25.0 Å². The number of aromatic amines is 1. The number of ketones is 1. The van der Waals surface area contributed by atoms with Crippen LogP contribution in [0.2, 0.25) is 0 Å². The zero-order chi connectivity index (χ0) is 33.5. The number of carbonyl (C=O) groups excluding carboxylic acids is 1. The molecular formula is C40H54N4O4. The third-order valence-corrected chi connectivity index (χ3v) is 11.0. The number of phenolic OH excluding ortho intramolecular Hbond substituents is 1. The number of phenols is 1. The molecule has 6 rings (SSSR count). The fourth-order valence-corrected chi connectivity index (χ4v) is 8.28. The SMILES string of the molecule is NC(N)c1cccc(C2(c3c[nH]c4cn(COc5cc(CCC(=O)C[C@H](O)CCCCC6CCCCC6)ccc5O)cc34)CCCC2)c1. The van der Waals surface area contributed by atoms with Crippen LogP contribution in [0.3, 0.4) is 0 Å². The summed E-state index contributed by atoms with van der Waals surface area (Å²) in [5.74, 6) is 1.39. The molecule has 2 aliphatic rings. The number of benzene rings is 2. The van der Waals surface area contributed by atoms with Crippen LogP contribution in [-0.4, -0.2) is 31.7 Å². The highest BCUT2D eigenvalue weighted by Crippen LogP contribution is 2.49. The van der Waals surface area contributed by atoms with E-state index in [0.717, 1.165) is 66.5 Å². The van der Waals surface area contributed by atoms with Crippen molar-refractivity contribution in [2.45, 2.75) is 127 Å². The lowest BCUT2D eigenvalue weighted by Gasteiger charge is -2.30. The lowest BCUT2D eigenvalue weighted by Crippen LogP contribution is -2.25. The summed E-state index contributed by atoms with van der Waals surface area (Å²) in [5, 5.41) is 22.1. The van der Waals surface area contributed by atoms with Crippen molar-refractivity contribution in [1.29, 1.82) is 0 Å². The molecule has 0 bridgehead atoms. The van der Waals surface area contributed by atoms with Crippen molar-refractivity contribution in [2.24, 2.45) is 17.4 Å². The Morgan fingerprint density at radius 1 is 1.02 bits per heavy atom. The van der Waals surface area contributed by atoms with Crippen LogP contribution >= 0.6 is 0 Å². The smallest absolute Gasteiger partial charge is 0.165 e. The molecule has 258 valence electrons. The molecule has 8 nitrogen and oxygen atoms in total. The number of hydrogen-bond acceptors (Lipinski definition) is 6. The number of hydrogen-bond donors (Lipinski definition) is 5. The lowest BCUT2D eigenvalue weighted by molar-refractivity contribution is -0.121. The van der Waals surface area contributed by atoms with Crippen molar-refractivity contribution in [3.8, 4) is 11.5 Å². The second kappa shape index (κ2) is 15.7. The minimum absolute atomic E-state index is 0.0648.